The van der Waals surface area contributed by atoms with E-state index >= 15 is 0 Å². The predicted molar refractivity (Wildman–Crippen MR) is 66.9 cm³/mol. The summed E-state index contributed by atoms with van der Waals surface area (Å²) < 4.78 is 0.809. The Hall–Kier alpha value is -1.41. The van der Waals surface area contributed by atoms with Crippen molar-refractivity contribution in [1.29, 1.82) is 0 Å². The highest BCUT2D eigenvalue weighted by Gasteiger charge is 1.98. The lowest BCUT2D eigenvalue weighted by atomic mass is 10.1. The number of fused-ring (bicyclic) bond motifs is 1. The van der Waals surface area contributed by atoms with Crippen LogP contribution in [-0.4, -0.2) is 6.29 Å². The fraction of sp³-hybridized carbons (Fsp3) is 0. The van der Waals surface area contributed by atoms with Crippen LogP contribution in [0.4, 0.5) is 0 Å². The van der Waals surface area contributed by atoms with Gasteiger partial charge in [0, 0.05) is 4.48 Å². The molecule has 2 aromatic rings. The number of benzene rings is 2. The highest BCUT2D eigenvalue weighted by Crippen LogP contribution is 2.24. The first kappa shape index (κ1) is 10.1. The molecule has 1 nitrogen and oxygen atoms in total. The van der Waals surface area contributed by atoms with E-state index in [1.165, 1.54) is 16.8 Å². The van der Waals surface area contributed by atoms with Crippen LogP contribution in [-0.2, 0) is 4.79 Å². The van der Waals surface area contributed by atoms with Crippen molar-refractivity contribution in [3.05, 3.63) is 54.1 Å². The maximum absolute atomic E-state index is 10.3. The lowest BCUT2D eigenvalue weighted by molar-refractivity contribution is -0.104. The Bertz CT molecular complexity index is 529. The second-order valence-corrected chi connectivity index (χ2v) is 4.07. The van der Waals surface area contributed by atoms with Crippen molar-refractivity contribution in [2.75, 3.05) is 0 Å². The predicted octanol–water partition coefficient (Wildman–Crippen LogP) is 3.77. The van der Waals surface area contributed by atoms with Gasteiger partial charge in [0.2, 0.25) is 0 Å². The summed E-state index contributed by atoms with van der Waals surface area (Å²) in [7, 11) is 0. The van der Waals surface area contributed by atoms with Crippen molar-refractivity contribution in [3.8, 4) is 0 Å². The third-order valence-corrected chi connectivity index (χ3v) is 2.96. The standard InChI is InChI=1S/C13H9BrO/c14-13(7-8-15)12-6-5-10-3-1-2-4-11(10)9-12/h1-9H/b13-7-. The molecule has 2 aromatic carbocycles. The Morgan fingerprint density at radius 1 is 1.07 bits per heavy atom. The van der Waals surface area contributed by atoms with Gasteiger partial charge in [-0.1, -0.05) is 52.3 Å². The second kappa shape index (κ2) is 4.41. The molecule has 0 saturated heterocycles. The molecule has 2 rings (SSSR count). The van der Waals surface area contributed by atoms with E-state index in [0.29, 0.717) is 0 Å². The topological polar surface area (TPSA) is 17.1 Å². The third kappa shape index (κ3) is 2.16. The maximum Gasteiger partial charge on any atom is 0.143 e. The van der Waals surface area contributed by atoms with Crippen LogP contribution < -0.4 is 0 Å². The first-order chi connectivity index (χ1) is 7.31. The van der Waals surface area contributed by atoms with Gasteiger partial charge in [0.1, 0.15) is 6.29 Å². The molecule has 0 bridgehead atoms. The van der Waals surface area contributed by atoms with E-state index in [4.69, 9.17) is 0 Å². The molecule has 0 aromatic heterocycles. The average Bonchev–Trinajstić information content (AvgIpc) is 2.29. The minimum atomic E-state index is 0.777. The Kier molecular flexibility index (Phi) is 2.97. The summed E-state index contributed by atoms with van der Waals surface area (Å²) >= 11 is 3.36. The van der Waals surface area contributed by atoms with E-state index in [-0.39, 0.29) is 0 Å². The number of carbonyl (C=O) groups excluding carboxylic acids is 1. The Balaban J connectivity index is 2.56. The summed E-state index contributed by atoms with van der Waals surface area (Å²) in [5.74, 6) is 0. The zero-order valence-corrected chi connectivity index (χ0v) is 9.57. The number of carbonyl (C=O) groups is 1. The molecule has 0 N–H and O–H groups in total. The van der Waals surface area contributed by atoms with E-state index in [2.05, 4.69) is 34.1 Å². The Morgan fingerprint density at radius 2 is 1.80 bits per heavy atom. The molecule has 0 spiro atoms. The summed E-state index contributed by atoms with van der Waals surface area (Å²) in [5, 5.41) is 2.37. The zero-order valence-electron chi connectivity index (χ0n) is 7.98. The molecule has 0 saturated carbocycles. The largest absolute Gasteiger partial charge is 0.299 e. The zero-order chi connectivity index (χ0) is 10.7. The summed E-state index contributed by atoms with van der Waals surface area (Å²) in [4.78, 5) is 10.3. The minimum absolute atomic E-state index is 0.777. The van der Waals surface area contributed by atoms with Crippen LogP contribution in [0, 0.1) is 0 Å². The van der Waals surface area contributed by atoms with E-state index in [9.17, 15) is 4.79 Å². The Morgan fingerprint density at radius 3 is 2.53 bits per heavy atom. The first-order valence-electron chi connectivity index (χ1n) is 4.61. The van der Waals surface area contributed by atoms with E-state index < -0.39 is 0 Å². The van der Waals surface area contributed by atoms with E-state index in [1.54, 1.807) is 0 Å². The normalized spacial score (nSPS) is 11.7. The van der Waals surface area contributed by atoms with E-state index in [0.717, 1.165) is 16.3 Å². The number of rotatable bonds is 2. The van der Waals surface area contributed by atoms with Crippen LogP contribution in [0.1, 0.15) is 5.56 Å². The molecule has 2 heteroatoms. The number of hydrogen-bond acceptors (Lipinski definition) is 1. The molecule has 15 heavy (non-hydrogen) atoms. The van der Waals surface area contributed by atoms with Gasteiger partial charge in [-0.05, 0) is 28.5 Å². The van der Waals surface area contributed by atoms with Gasteiger partial charge in [-0.2, -0.15) is 0 Å². The van der Waals surface area contributed by atoms with Crippen molar-refractivity contribution >= 4 is 37.5 Å². The fourth-order valence-electron chi connectivity index (χ4n) is 1.49. The smallest absolute Gasteiger partial charge is 0.143 e. The summed E-state index contributed by atoms with van der Waals surface area (Å²) in [6.45, 7) is 0. The summed E-state index contributed by atoms with van der Waals surface area (Å²) in [6, 6.07) is 14.2. The molecular weight excluding hydrogens is 252 g/mol. The van der Waals surface area contributed by atoms with Crippen LogP contribution in [0.2, 0.25) is 0 Å². The second-order valence-electron chi connectivity index (χ2n) is 3.21. The molecule has 0 aliphatic rings. The van der Waals surface area contributed by atoms with Crippen molar-refractivity contribution < 1.29 is 4.79 Å². The van der Waals surface area contributed by atoms with Crippen molar-refractivity contribution in [1.82, 2.24) is 0 Å². The van der Waals surface area contributed by atoms with Crippen molar-refractivity contribution in [3.63, 3.8) is 0 Å². The summed E-state index contributed by atoms with van der Waals surface area (Å²) in [5.41, 5.74) is 1.01. The van der Waals surface area contributed by atoms with E-state index in [1.807, 2.05) is 24.3 Å². The fourth-order valence-corrected chi connectivity index (χ4v) is 1.85. The van der Waals surface area contributed by atoms with Gasteiger partial charge >= 0.3 is 0 Å². The molecular formula is C13H9BrO. The molecule has 0 aliphatic heterocycles. The number of hydrogen-bond donors (Lipinski definition) is 0. The number of allylic oxidation sites excluding steroid dienone is 1. The van der Waals surface area contributed by atoms with Gasteiger partial charge < -0.3 is 0 Å². The molecule has 0 unspecified atom stereocenters. The van der Waals surface area contributed by atoms with Gasteiger partial charge in [-0.25, -0.2) is 0 Å². The maximum atomic E-state index is 10.3. The van der Waals surface area contributed by atoms with Gasteiger partial charge in [-0.15, -0.1) is 0 Å². The minimum Gasteiger partial charge on any atom is -0.299 e. The van der Waals surface area contributed by atoms with Crippen LogP contribution in [0.15, 0.2) is 48.5 Å². The third-order valence-electron chi connectivity index (χ3n) is 2.24. The molecule has 0 heterocycles. The van der Waals surface area contributed by atoms with Crippen molar-refractivity contribution in [2.24, 2.45) is 0 Å². The molecule has 0 radical (unpaired) electrons. The van der Waals surface area contributed by atoms with Crippen LogP contribution >= 0.6 is 15.9 Å². The van der Waals surface area contributed by atoms with Crippen LogP contribution in [0.5, 0.6) is 0 Å². The molecule has 0 atom stereocenters. The van der Waals surface area contributed by atoms with Gasteiger partial charge in [0.05, 0.1) is 0 Å². The Labute approximate surface area is 96.5 Å². The molecule has 0 fully saturated rings. The quantitative estimate of drug-likeness (QED) is 0.594. The van der Waals surface area contributed by atoms with Gasteiger partial charge in [0.25, 0.3) is 0 Å². The van der Waals surface area contributed by atoms with Crippen molar-refractivity contribution in [2.45, 2.75) is 0 Å². The highest BCUT2D eigenvalue weighted by molar-refractivity contribution is 9.15. The lowest BCUT2D eigenvalue weighted by Gasteiger charge is -2.01. The van der Waals surface area contributed by atoms with Crippen LogP contribution in [0.3, 0.4) is 0 Å². The van der Waals surface area contributed by atoms with Gasteiger partial charge in [-0.3, -0.25) is 4.79 Å². The molecule has 0 amide bonds. The molecule has 0 aliphatic carbocycles. The number of aldehydes is 1. The highest BCUT2D eigenvalue weighted by atomic mass is 79.9. The van der Waals surface area contributed by atoms with Gasteiger partial charge in [0.15, 0.2) is 0 Å². The molecule has 74 valence electrons. The van der Waals surface area contributed by atoms with Crippen LogP contribution in [0.25, 0.3) is 15.3 Å². The monoisotopic (exact) mass is 260 g/mol. The lowest BCUT2D eigenvalue weighted by Crippen LogP contribution is -1.79. The summed E-state index contributed by atoms with van der Waals surface area (Å²) in [6.07, 6.45) is 2.28. The SMILES string of the molecule is O=C/C=C(\Br)c1ccc2ccccc2c1. The first-order valence-corrected chi connectivity index (χ1v) is 5.41. The number of halogens is 1. The average molecular weight is 261 g/mol.